The van der Waals surface area contributed by atoms with Gasteiger partial charge >= 0.3 is 5.97 Å². The summed E-state index contributed by atoms with van der Waals surface area (Å²) in [5.41, 5.74) is 2.08. The van der Waals surface area contributed by atoms with E-state index in [1.807, 2.05) is 36.1 Å². The second-order valence-electron chi connectivity index (χ2n) is 9.13. The molecule has 1 atom stereocenters. The Morgan fingerprint density at radius 3 is 2.25 bits per heavy atom. The van der Waals surface area contributed by atoms with Crippen molar-refractivity contribution < 1.29 is 24.0 Å². The number of esters is 1. The first kappa shape index (κ1) is 26.7. The molecule has 2 aromatic carbocycles. The molecule has 1 aliphatic rings. The molecule has 2 aromatic rings. The SMILES string of the molecule is CC(=O)N1CCN(c2ccc(C(=O)NC(CC(=O)OC(C)C)c3ccc(C)cc3)cc2[N+](=O)[O-])CC1. The van der Waals surface area contributed by atoms with E-state index in [9.17, 15) is 24.5 Å². The highest BCUT2D eigenvalue weighted by molar-refractivity contribution is 5.96. The van der Waals surface area contributed by atoms with Crippen LogP contribution in [-0.4, -0.2) is 59.9 Å². The number of nitrogens with zero attached hydrogens (tertiary/aromatic N) is 3. The van der Waals surface area contributed by atoms with Crippen molar-refractivity contribution in [2.75, 3.05) is 31.1 Å². The van der Waals surface area contributed by atoms with Crippen LogP contribution in [0.3, 0.4) is 0 Å². The van der Waals surface area contributed by atoms with Gasteiger partial charge in [0, 0.05) is 44.7 Å². The monoisotopic (exact) mass is 496 g/mol. The molecule has 10 nitrogen and oxygen atoms in total. The Bertz CT molecular complexity index is 1120. The Labute approximate surface area is 210 Å². The summed E-state index contributed by atoms with van der Waals surface area (Å²) in [5.74, 6) is -1.02. The number of nitro benzene ring substituents is 1. The topological polar surface area (TPSA) is 122 Å². The highest BCUT2D eigenvalue weighted by Gasteiger charge is 2.27. The average molecular weight is 497 g/mol. The van der Waals surface area contributed by atoms with E-state index in [2.05, 4.69) is 5.32 Å². The highest BCUT2D eigenvalue weighted by atomic mass is 16.6. The second kappa shape index (κ2) is 11.7. The number of rotatable bonds is 8. The number of nitro groups is 1. The lowest BCUT2D eigenvalue weighted by atomic mass is 10.0. The Hall–Kier alpha value is -3.95. The summed E-state index contributed by atoms with van der Waals surface area (Å²) in [4.78, 5) is 52.0. The van der Waals surface area contributed by atoms with E-state index in [0.717, 1.165) is 11.1 Å². The average Bonchev–Trinajstić information content (AvgIpc) is 2.83. The summed E-state index contributed by atoms with van der Waals surface area (Å²) >= 11 is 0. The molecule has 1 unspecified atom stereocenters. The molecule has 1 saturated heterocycles. The first-order valence-electron chi connectivity index (χ1n) is 11.9. The molecular weight excluding hydrogens is 464 g/mol. The third-order valence-corrected chi connectivity index (χ3v) is 6.02. The zero-order chi connectivity index (χ0) is 26.4. The Kier molecular flexibility index (Phi) is 8.63. The highest BCUT2D eigenvalue weighted by Crippen LogP contribution is 2.30. The van der Waals surface area contributed by atoms with Crippen molar-refractivity contribution in [2.45, 2.75) is 46.3 Å². The molecule has 0 radical (unpaired) electrons. The van der Waals surface area contributed by atoms with Gasteiger partial charge < -0.3 is 19.9 Å². The van der Waals surface area contributed by atoms with Crippen molar-refractivity contribution in [2.24, 2.45) is 0 Å². The second-order valence-corrected chi connectivity index (χ2v) is 9.13. The molecule has 0 saturated carbocycles. The molecule has 0 aromatic heterocycles. The zero-order valence-corrected chi connectivity index (χ0v) is 21.0. The molecule has 36 heavy (non-hydrogen) atoms. The van der Waals surface area contributed by atoms with E-state index in [1.165, 1.54) is 19.1 Å². The van der Waals surface area contributed by atoms with Crippen LogP contribution < -0.4 is 10.2 Å². The number of anilines is 1. The maximum atomic E-state index is 13.1. The van der Waals surface area contributed by atoms with Gasteiger partial charge in [0.1, 0.15) is 5.69 Å². The van der Waals surface area contributed by atoms with E-state index in [4.69, 9.17) is 4.74 Å². The molecule has 0 aliphatic carbocycles. The molecule has 10 heteroatoms. The van der Waals surface area contributed by atoms with Crippen LogP contribution in [0.25, 0.3) is 0 Å². The third kappa shape index (κ3) is 6.80. The van der Waals surface area contributed by atoms with Gasteiger partial charge in [0.25, 0.3) is 11.6 Å². The lowest BCUT2D eigenvalue weighted by Gasteiger charge is -2.35. The van der Waals surface area contributed by atoms with Gasteiger partial charge in [-0.05, 0) is 38.5 Å². The van der Waals surface area contributed by atoms with Gasteiger partial charge in [-0.3, -0.25) is 24.5 Å². The first-order chi connectivity index (χ1) is 17.0. The van der Waals surface area contributed by atoms with E-state index in [-0.39, 0.29) is 29.7 Å². The smallest absolute Gasteiger partial charge is 0.308 e. The Morgan fingerprint density at radius 1 is 1.06 bits per heavy atom. The van der Waals surface area contributed by atoms with Crippen LogP contribution in [0.1, 0.15) is 54.7 Å². The van der Waals surface area contributed by atoms with Crippen LogP contribution in [0.2, 0.25) is 0 Å². The fraction of sp³-hybridized carbons (Fsp3) is 0.423. The summed E-state index contributed by atoms with van der Waals surface area (Å²) in [7, 11) is 0. The summed E-state index contributed by atoms with van der Waals surface area (Å²) in [6.45, 7) is 8.79. The van der Waals surface area contributed by atoms with Crippen molar-refractivity contribution in [3.63, 3.8) is 0 Å². The summed E-state index contributed by atoms with van der Waals surface area (Å²) < 4.78 is 5.26. The minimum absolute atomic E-state index is 0.0309. The third-order valence-electron chi connectivity index (χ3n) is 6.02. The zero-order valence-electron chi connectivity index (χ0n) is 21.0. The minimum atomic E-state index is -0.664. The largest absolute Gasteiger partial charge is 0.463 e. The molecule has 1 aliphatic heterocycles. The molecule has 1 N–H and O–H groups in total. The van der Waals surface area contributed by atoms with Gasteiger partial charge in [-0.25, -0.2) is 0 Å². The molecule has 1 heterocycles. The van der Waals surface area contributed by atoms with Crippen LogP contribution in [0.15, 0.2) is 42.5 Å². The van der Waals surface area contributed by atoms with Crippen LogP contribution in [0.4, 0.5) is 11.4 Å². The van der Waals surface area contributed by atoms with E-state index in [1.54, 1.807) is 24.8 Å². The molecule has 0 bridgehead atoms. The number of piperazine rings is 1. The van der Waals surface area contributed by atoms with Crippen molar-refractivity contribution in [3.8, 4) is 0 Å². The number of nitrogens with one attached hydrogen (secondary N) is 1. The number of carbonyl (C=O) groups excluding carboxylic acids is 3. The maximum Gasteiger partial charge on any atom is 0.308 e. The lowest BCUT2D eigenvalue weighted by Crippen LogP contribution is -2.48. The van der Waals surface area contributed by atoms with Gasteiger partial charge in [-0.2, -0.15) is 0 Å². The van der Waals surface area contributed by atoms with E-state index >= 15 is 0 Å². The first-order valence-corrected chi connectivity index (χ1v) is 11.9. The number of carbonyl (C=O) groups is 3. The molecule has 1 fully saturated rings. The van der Waals surface area contributed by atoms with Crippen molar-refractivity contribution >= 4 is 29.2 Å². The molecule has 0 spiro atoms. The Morgan fingerprint density at radius 2 is 1.69 bits per heavy atom. The van der Waals surface area contributed by atoms with Gasteiger partial charge in [0.15, 0.2) is 0 Å². The van der Waals surface area contributed by atoms with Crippen molar-refractivity contribution in [1.82, 2.24) is 10.2 Å². The summed E-state index contributed by atoms with van der Waals surface area (Å²) in [5, 5.41) is 14.7. The number of benzene rings is 2. The number of ether oxygens (including phenoxy) is 1. The maximum absolute atomic E-state index is 13.1. The predicted octanol–water partition coefficient (Wildman–Crippen LogP) is 3.38. The number of hydrogen-bond donors (Lipinski definition) is 1. The fourth-order valence-corrected chi connectivity index (χ4v) is 4.11. The number of amides is 2. The summed E-state index contributed by atoms with van der Waals surface area (Å²) in [6.07, 6.45) is -0.368. The molecule has 192 valence electrons. The van der Waals surface area contributed by atoms with Gasteiger partial charge in [0.2, 0.25) is 5.91 Å². The Balaban J connectivity index is 1.82. The van der Waals surface area contributed by atoms with Gasteiger partial charge in [0.05, 0.1) is 23.5 Å². The number of aryl methyl sites for hydroxylation is 1. The van der Waals surface area contributed by atoms with Crippen LogP contribution in [-0.2, 0) is 14.3 Å². The predicted molar refractivity (Wildman–Crippen MR) is 135 cm³/mol. The lowest BCUT2D eigenvalue weighted by molar-refractivity contribution is -0.384. The molecule has 2 amide bonds. The summed E-state index contributed by atoms with van der Waals surface area (Å²) in [6, 6.07) is 11.1. The standard InChI is InChI=1S/C26H32N4O6/c1-17(2)36-25(32)16-22(20-7-5-18(3)6-8-20)27-26(33)21-9-10-23(24(15-21)30(34)35)29-13-11-28(12-14-29)19(4)31/h5-10,15,17,22H,11-14,16H2,1-4H3,(H,27,33). The molecular formula is C26H32N4O6. The molecule has 3 rings (SSSR count). The quantitative estimate of drug-likeness (QED) is 0.338. The van der Waals surface area contributed by atoms with E-state index < -0.39 is 22.8 Å². The fourth-order valence-electron chi connectivity index (χ4n) is 4.11. The number of hydrogen-bond acceptors (Lipinski definition) is 7. The van der Waals surface area contributed by atoms with Gasteiger partial charge in [-0.1, -0.05) is 29.8 Å². The van der Waals surface area contributed by atoms with Crippen LogP contribution >= 0.6 is 0 Å². The normalized spacial score (nSPS) is 14.4. The van der Waals surface area contributed by atoms with Gasteiger partial charge in [-0.15, -0.1) is 0 Å². The van der Waals surface area contributed by atoms with Crippen LogP contribution in [0.5, 0.6) is 0 Å². The van der Waals surface area contributed by atoms with Crippen molar-refractivity contribution in [3.05, 3.63) is 69.3 Å². The minimum Gasteiger partial charge on any atom is -0.463 e. The van der Waals surface area contributed by atoms with E-state index in [0.29, 0.717) is 31.9 Å². The van der Waals surface area contributed by atoms with Crippen LogP contribution in [0, 0.1) is 17.0 Å². The van der Waals surface area contributed by atoms with Crippen molar-refractivity contribution in [1.29, 1.82) is 0 Å².